The molecule has 0 aromatic heterocycles. The zero-order valence-corrected chi connectivity index (χ0v) is 13.5. The number of unbranched alkanes of at least 4 members (excludes halogenated alkanes) is 2. The first kappa shape index (κ1) is 15.4. The minimum Gasteiger partial charge on any atom is -1.00 e. The predicted octanol–water partition coefficient (Wildman–Crippen LogP) is 1.28. The Bertz CT molecular complexity index is 446. The van der Waals surface area contributed by atoms with Gasteiger partial charge in [0, 0.05) is 25.0 Å². The monoisotopic (exact) mass is 309 g/mol. The Labute approximate surface area is 122 Å². The highest BCUT2D eigenvalue weighted by atomic mass is 79.9. The number of benzene rings is 1. The third kappa shape index (κ3) is 2.54. The summed E-state index contributed by atoms with van der Waals surface area (Å²) in [6.07, 6.45) is 3.91. The molecular weight excluding hydrogens is 286 g/mol. The van der Waals surface area contributed by atoms with E-state index in [-0.39, 0.29) is 22.4 Å². The van der Waals surface area contributed by atoms with Crippen molar-refractivity contribution in [3.05, 3.63) is 29.8 Å². The molecule has 0 saturated carbocycles. The number of fused-ring (bicyclic) bond motifs is 1. The van der Waals surface area contributed by atoms with Gasteiger partial charge < -0.3 is 17.0 Å². The Kier molecular flexibility index (Phi) is 5.15. The van der Waals surface area contributed by atoms with Gasteiger partial charge in [0.15, 0.2) is 5.71 Å². The van der Waals surface area contributed by atoms with Crippen molar-refractivity contribution >= 4 is 11.4 Å². The summed E-state index contributed by atoms with van der Waals surface area (Å²) in [6.45, 7) is 10.4. The lowest BCUT2D eigenvalue weighted by atomic mass is 9.82. The van der Waals surface area contributed by atoms with Crippen molar-refractivity contribution in [1.82, 2.24) is 0 Å². The van der Waals surface area contributed by atoms with Crippen molar-refractivity contribution in [3.63, 3.8) is 0 Å². The lowest BCUT2D eigenvalue weighted by Crippen LogP contribution is -3.00. The van der Waals surface area contributed by atoms with Crippen LogP contribution in [0.5, 0.6) is 0 Å². The Morgan fingerprint density at radius 2 is 1.78 bits per heavy atom. The van der Waals surface area contributed by atoms with Crippen LogP contribution in [0.2, 0.25) is 0 Å². The van der Waals surface area contributed by atoms with Gasteiger partial charge in [-0.1, -0.05) is 31.5 Å². The highest BCUT2D eigenvalue weighted by Crippen LogP contribution is 2.39. The zero-order chi connectivity index (χ0) is 12.5. The van der Waals surface area contributed by atoms with Crippen molar-refractivity contribution in [2.75, 3.05) is 6.54 Å². The predicted molar refractivity (Wildman–Crippen MR) is 74.5 cm³/mol. The maximum Gasteiger partial charge on any atom is 0.209 e. The fourth-order valence-electron chi connectivity index (χ4n) is 2.76. The van der Waals surface area contributed by atoms with E-state index in [0.29, 0.717) is 0 Å². The topological polar surface area (TPSA) is 3.01 Å². The fourth-order valence-corrected chi connectivity index (χ4v) is 2.76. The molecule has 0 fully saturated rings. The van der Waals surface area contributed by atoms with Crippen LogP contribution in [0.1, 0.15) is 52.5 Å². The SMILES string of the molecule is CCCCC[N+]1=C(C)C(C)(C)c2ccccc21.[Br-]. The van der Waals surface area contributed by atoms with Crippen molar-refractivity contribution in [2.24, 2.45) is 0 Å². The highest BCUT2D eigenvalue weighted by Gasteiger charge is 2.42. The number of hydrogen-bond donors (Lipinski definition) is 0. The number of para-hydroxylation sites is 1. The van der Waals surface area contributed by atoms with Gasteiger partial charge in [-0.3, -0.25) is 0 Å². The van der Waals surface area contributed by atoms with Gasteiger partial charge in [0.1, 0.15) is 6.54 Å². The van der Waals surface area contributed by atoms with E-state index >= 15 is 0 Å². The third-order valence-electron chi connectivity index (χ3n) is 4.16. The molecule has 0 atom stereocenters. The van der Waals surface area contributed by atoms with Crippen LogP contribution in [0.25, 0.3) is 0 Å². The van der Waals surface area contributed by atoms with Crippen LogP contribution in [-0.4, -0.2) is 16.8 Å². The number of halogens is 1. The van der Waals surface area contributed by atoms with E-state index in [1.807, 2.05) is 0 Å². The molecule has 18 heavy (non-hydrogen) atoms. The van der Waals surface area contributed by atoms with E-state index < -0.39 is 0 Å². The summed E-state index contributed by atoms with van der Waals surface area (Å²) in [4.78, 5) is 0. The summed E-state index contributed by atoms with van der Waals surface area (Å²) in [5.41, 5.74) is 4.60. The normalized spacial score (nSPS) is 16.4. The Morgan fingerprint density at radius 3 is 2.44 bits per heavy atom. The van der Waals surface area contributed by atoms with E-state index in [9.17, 15) is 0 Å². The van der Waals surface area contributed by atoms with Crippen molar-refractivity contribution < 1.29 is 21.6 Å². The van der Waals surface area contributed by atoms with E-state index in [4.69, 9.17) is 0 Å². The van der Waals surface area contributed by atoms with Gasteiger partial charge in [0.05, 0.1) is 5.41 Å². The highest BCUT2D eigenvalue weighted by molar-refractivity contribution is 5.93. The Balaban J connectivity index is 0.00000162. The minimum absolute atomic E-state index is 0. The van der Waals surface area contributed by atoms with Crippen LogP contribution in [0.15, 0.2) is 24.3 Å². The van der Waals surface area contributed by atoms with Crippen LogP contribution in [0.3, 0.4) is 0 Å². The van der Waals surface area contributed by atoms with Gasteiger partial charge >= 0.3 is 0 Å². The zero-order valence-electron chi connectivity index (χ0n) is 12.0. The molecule has 1 heterocycles. The number of rotatable bonds is 4. The second-order valence-electron chi connectivity index (χ2n) is 5.59. The Hall–Kier alpha value is -0.630. The molecule has 0 saturated heterocycles. The van der Waals surface area contributed by atoms with Gasteiger partial charge in [-0.25, -0.2) is 0 Å². The molecule has 0 N–H and O–H groups in total. The van der Waals surface area contributed by atoms with Gasteiger partial charge in [0.2, 0.25) is 5.69 Å². The lowest BCUT2D eigenvalue weighted by molar-refractivity contribution is -0.439. The summed E-state index contributed by atoms with van der Waals surface area (Å²) < 4.78 is 2.52. The molecule has 0 aliphatic carbocycles. The summed E-state index contributed by atoms with van der Waals surface area (Å²) in [7, 11) is 0. The molecule has 2 rings (SSSR count). The maximum atomic E-state index is 2.52. The van der Waals surface area contributed by atoms with E-state index in [0.717, 1.165) is 0 Å². The lowest BCUT2D eigenvalue weighted by Gasteiger charge is -2.14. The first-order valence-corrected chi connectivity index (χ1v) is 6.80. The molecule has 1 aromatic rings. The van der Waals surface area contributed by atoms with Crippen LogP contribution in [0.4, 0.5) is 5.69 Å². The number of hydrogen-bond acceptors (Lipinski definition) is 0. The van der Waals surface area contributed by atoms with E-state index in [1.165, 1.54) is 42.8 Å². The van der Waals surface area contributed by atoms with Crippen molar-refractivity contribution in [1.29, 1.82) is 0 Å². The molecule has 0 radical (unpaired) electrons. The smallest absolute Gasteiger partial charge is 0.209 e. The van der Waals surface area contributed by atoms with Crippen molar-refractivity contribution in [2.45, 2.75) is 52.4 Å². The average molecular weight is 310 g/mol. The molecule has 100 valence electrons. The summed E-state index contributed by atoms with van der Waals surface area (Å²) in [5, 5.41) is 0. The quantitative estimate of drug-likeness (QED) is 0.582. The molecule has 0 bridgehead atoms. The standard InChI is InChI=1S/C16H24N.BrH/c1-5-6-9-12-17-13(2)16(3,4)14-10-7-8-11-15(14)17;/h7-8,10-11H,5-6,9,12H2,1-4H3;1H/q+1;/p-1. The molecule has 1 aliphatic heterocycles. The third-order valence-corrected chi connectivity index (χ3v) is 4.16. The summed E-state index contributed by atoms with van der Waals surface area (Å²) in [6, 6.07) is 8.85. The average Bonchev–Trinajstić information content (AvgIpc) is 2.51. The number of nitrogens with zero attached hydrogens (tertiary/aromatic N) is 1. The molecule has 1 aliphatic rings. The largest absolute Gasteiger partial charge is 1.00 e. The van der Waals surface area contributed by atoms with Crippen LogP contribution in [-0.2, 0) is 5.41 Å². The summed E-state index contributed by atoms with van der Waals surface area (Å²) in [5.74, 6) is 0. The van der Waals surface area contributed by atoms with Gasteiger partial charge in [-0.15, -0.1) is 0 Å². The van der Waals surface area contributed by atoms with Crippen molar-refractivity contribution in [3.8, 4) is 0 Å². The first-order valence-electron chi connectivity index (χ1n) is 6.80. The van der Waals surface area contributed by atoms with Crippen LogP contribution in [0, 0.1) is 0 Å². The first-order chi connectivity index (χ1) is 8.09. The molecule has 0 amide bonds. The van der Waals surface area contributed by atoms with Crippen LogP contribution >= 0.6 is 0 Å². The second kappa shape index (κ2) is 6.01. The van der Waals surface area contributed by atoms with E-state index in [2.05, 4.69) is 56.5 Å². The fraction of sp³-hybridized carbons (Fsp3) is 0.562. The molecular formula is C16H24BrN. The van der Waals surface area contributed by atoms with Gasteiger partial charge in [-0.2, -0.15) is 4.58 Å². The molecule has 0 unspecified atom stereocenters. The molecule has 1 aromatic carbocycles. The van der Waals surface area contributed by atoms with Gasteiger partial charge in [0.25, 0.3) is 0 Å². The summed E-state index contributed by atoms with van der Waals surface area (Å²) >= 11 is 0. The van der Waals surface area contributed by atoms with Gasteiger partial charge in [-0.05, 0) is 20.3 Å². The molecule has 2 heteroatoms. The minimum atomic E-state index is 0. The second-order valence-corrected chi connectivity index (χ2v) is 5.59. The Morgan fingerprint density at radius 1 is 1.11 bits per heavy atom. The maximum absolute atomic E-state index is 2.52. The van der Waals surface area contributed by atoms with Crippen LogP contribution < -0.4 is 17.0 Å². The van der Waals surface area contributed by atoms with E-state index in [1.54, 1.807) is 0 Å². The molecule has 0 spiro atoms. The molecule has 1 nitrogen and oxygen atoms in total.